The zero-order valence-corrected chi connectivity index (χ0v) is 19.0. The van der Waals surface area contributed by atoms with Gasteiger partial charge in [0.1, 0.15) is 0 Å². The lowest BCUT2D eigenvalue weighted by molar-refractivity contribution is -0.123. The van der Waals surface area contributed by atoms with Gasteiger partial charge in [-0.1, -0.05) is 30.3 Å². The zero-order chi connectivity index (χ0) is 22.6. The van der Waals surface area contributed by atoms with Crippen LogP contribution in [-0.2, 0) is 14.8 Å². The number of amides is 1. The highest BCUT2D eigenvalue weighted by atomic mass is 32.2. The molecule has 8 nitrogen and oxygen atoms in total. The Bertz CT molecular complexity index is 1040. The second kappa shape index (κ2) is 9.89. The van der Waals surface area contributed by atoms with Gasteiger partial charge in [-0.05, 0) is 24.6 Å². The lowest BCUT2D eigenvalue weighted by atomic mass is 10.1. The van der Waals surface area contributed by atoms with Gasteiger partial charge in [0.25, 0.3) is 0 Å². The molecule has 2 heterocycles. The van der Waals surface area contributed by atoms with Gasteiger partial charge in [0.2, 0.25) is 15.9 Å². The first-order valence-electron chi connectivity index (χ1n) is 10.9. The van der Waals surface area contributed by atoms with E-state index in [1.165, 1.54) is 4.31 Å². The molecule has 32 heavy (non-hydrogen) atoms. The summed E-state index contributed by atoms with van der Waals surface area (Å²) in [6.07, 6.45) is 0.760. The molecule has 0 spiro atoms. The van der Waals surface area contributed by atoms with Gasteiger partial charge in [-0.15, -0.1) is 0 Å². The minimum absolute atomic E-state index is 0.0689. The van der Waals surface area contributed by atoms with Gasteiger partial charge in [0, 0.05) is 38.7 Å². The third kappa shape index (κ3) is 5.23. The Morgan fingerprint density at radius 1 is 1.00 bits per heavy atom. The number of ether oxygens (including phenoxy) is 2. The Morgan fingerprint density at radius 3 is 2.41 bits per heavy atom. The van der Waals surface area contributed by atoms with Crippen molar-refractivity contribution in [2.75, 3.05) is 45.9 Å². The molecule has 2 aliphatic heterocycles. The number of piperazine rings is 1. The fourth-order valence-corrected chi connectivity index (χ4v) is 5.33. The Morgan fingerprint density at radius 2 is 1.69 bits per heavy atom. The Labute approximate surface area is 189 Å². The highest BCUT2D eigenvalue weighted by molar-refractivity contribution is 7.89. The van der Waals surface area contributed by atoms with Gasteiger partial charge < -0.3 is 14.8 Å². The van der Waals surface area contributed by atoms with Gasteiger partial charge in [-0.2, -0.15) is 4.31 Å². The summed E-state index contributed by atoms with van der Waals surface area (Å²) in [5.41, 5.74) is 1.05. The molecule has 1 saturated heterocycles. The molecule has 1 fully saturated rings. The molecule has 0 unspecified atom stereocenters. The van der Waals surface area contributed by atoms with Crippen molar-refractivity contribution in [2.24, 2.45) is 0 Å². The van der Waals surface area contributed by atoms with Crippen LogP contribution in [0.3, 0.4) is 0 Å². The smallest absolute Gasteiger partial charge is 0.243 e. The molecule has 0 saturated carbocycles. The van der Waals surface area contributed by atoms with Crippen LogP contribution in [0.15, 0.2) is 53.4 Å². The number of carbonyl (C=O) groups is 1. The Balaban J connectivity index is 1.32. The Hall–Kier alpha value is -2.62. The summed E-state index contributed by atoms with van der Waals surface area (Å²) in [5, 5.41) is 3.01. The fraction of sp³-hybridized carbons (Fsp3) is 0.435. The molecule has 1 atom stereocenters. The summed E-state index contributed by atoms with van der Waals surface area (Å²) in [6, 6.07) is 14.5. The minimum atomic E-state index is -3.64. The van der Waals surface area contributed by atoms with Crippen molar-refractivity contribution in [3.8, 4) is 11.5 Å². The van der Waals surface area contributed by atoms with Crippen molar-refractivity contribution in [1.82, 2.24) is 14.5 Å². The summed E-state index contributed by atoms with van der Waals surface area (Å²) in [4.78, 5) is 14.6. The molecule has 0 aliphatic carbocycles. The Kier molecular flexibility index (Phi) is 6.98. The summed E-state index contributed by atoms with van der Waals surface area (Å²) < 4.78 is 38.9. The third-order valence-corrected chi connectivity index (χ3v) is 7.63. The number of hydrogen-bond donors (Lipinski definition) is 1. The molecule has 172 valence electrons. The maximum absolute atomic E-state index is 13.1. The van der Waals surface area contributed by atoms with Crippen molar-refractivity contribution < 1.29 is 22.7 Å². The molecule has 2 aliphatic rings. The van der Waals surface area contributed by atoms with Crippen LogP contribution < -0.4 is 14.8 Å². The van der Waals surface area contributed by atoms with E-state index < -0.39 is 10.0 Å². The first kappa shape index (κ1) is 22.6. The van der Waals surface area contributed by atoms with Crippen LogP contribution in [0.1, 0.15) is 24.9 Å². The molecular formula is C23H29N3O5S. The van der Waals surface area contributed by atoms with Crippen LogP contribution in [0.2, 0.25) is 0 Å². The average Bonchev–Trinajstić information content (AvgIpc) is 3.05. The average molecular weight is 460 g/mol. The molecule has 0 aromatic heterocycles. The number of carbonyl (C=O) groups excluding carboxylic acids is 1. The first-order chi connectivity index (χ1) is 15.4. The van der Waals surface area contributed by atoms with Crippen molar-refractivity contribution >= 4 is 15.9 Å². The summed E-state index contributed by atoms with van der Waals surface area (Å²) >= 11 is 0. The SMILES string of the molecule is C[C@H](NC(=O)CN1CCN(S(=O)(=O)c2ccc3c(c2)OCCCO3)CC1)c1ccccc1. The van der Waals surface area contributed by atoms with Crippen LogP contribution in [0.5, 0.6) is 11.5 Å². The molecule has 2 aromatic carbocycles. The lowest BCUT2D eigenvalue weighted by Gasteiger charge is -2.33. The standard InChI is InChI=1S/C23H29N3O5S/c1-18(19-6-3-2-4-7-19)24-23(27)17-25-10-12-26(13-11-25)32(28,29)20-8-9-21-22(16-20)31-15-5-14-30-21/h2-4,6-9,16,18H,5,10-15,17H2,1H3,(H,24,27)/t18-/m0/s1. The zero-order valence-electron chi connectivity index (χ0n) is 18.2. The van der Waals surface area contributed by atoms with E-state index in [0.29, 0.717) is 50.9 Å². The van der Waals surface area contributed by atoms with E-state index in [1.54, 1.807) is 18.2 Å². The summed E-state index contributed by atoms with van der Waals surface area (Å²) in [7, 11) is -3.64. The van der Waals surface area contributed by atoms with E-state index >= 15 is 0 Å². The lowest BCUT2D eigenvalue weighted by Crippen LogP contribution is -2.51. The second-order valence-corrected chi connectivity index (χ2v) is 9.98. The highest BCUT2D eigenvalue weighted by Gasteiger charge is 2.30. The maximum atomic E-state index is 13.1. The topological polar surface area (TPSA) is 88.2 Å². The number of nitrogens with one attached hydrogen (secondary N) is 1. The molecule has 1 N–H and O–H groups in total. The van der Waals surface area contributed by atoms with Gasteiger partial charge in [-0.3, -0.25) is 9.69 Å². The number of benzene rings is 2. The van der Waals surface area contributed by atoms with Crippen molar-refractivity contribution in [3.05, 3.63) is 54.1 Å². The molecule has 2 aromatic rings. The molecule has 1 amide bonds. The highest BCUT2D eigenvalue weighted by Crippen LogP contribution is 2.33. The van der Waals surface area contributed by atoms with Crippen LogP contribution in [0.25, 0.3) is 0 Å². The number of rotatable bonds is 6. The summed E-state index contributed by atoms with van der Waals surface area (Å²) in [5.74, 6) is 0.967. The van der Waals surface area contributed by atoms with Gasteiger partial charge in [0.05, 0.1) is 30.7 Å². The molecule has 0 radical (unpaired) electrons. The normalized spacial score (nSPS) is 18.5. The third-order valence-electron chi connectivity index (χ3n) is 5.73. The molecular weight excluding hydrogens is 430 g/mol. The fourth-order valence-electron chi connectivity index (χ4n) is 3.90. The van der Waals surface area contributed by atoms with Crippen LogP contribution in [0, 0.1) is 0 Å². The molecule has 9 heteroatoms. The van der Waals surface area contributed by atoms with Crippen LogP contribution in [0.4, 0.5) is 0 Å². The van der Waals surface area contributed by atoms with Gasteiger partial charge >= 0.3 is 0 Å². The van der Waals surface area contributed by atoms with Crippen molar-refractivity contribution in [2.45, 2.75) is 24.3 Å². The minimum Gasteiger partial charge on any atom is -0.490 e. The predicted molar refractivity (Wildman–Crippen MR) is 120 cm³/mol. The number of nitrogens with zero attached hydrogens (tertiary/aromatic N) is 2. The van der Waals surface area contributed by atoms with E-state index in [-0.39, 0.29) is 23.4 Å². The largest absolute Gasteiger partial charge is 0.490 e. The van der Waals surface area contributed by atoms with Crippen LogP contribution >= 0.6 is 0 Å². The van der Waals surface area contributed by atoms with Gasteiger partial charge in [0.15, 0.2) is 11.5 Å². The molecule has 0 bridgehead atoms. The van der Waals surface area contributed by atoms with Crippen molar-refractivity contribution in [1.29, 1.82) is 0 Å². The quantitative estimate of drug-likeness (QED) is 0.711. The first-order valence-corrected chi connectivity index (χ1v) is 12.3. The molecule has 4 rings (SSSR count). The number of sulfonamides is 1. The predicted octanol–water partition coefficient (Wildman–Crippen LogP) is 2.03. The van der Waals surface area contributed by atoms with Crippen LogP contribution in [-0.4, -0.2) is 69.5 Å². The van der Waals surface area contributed by atoms with E-state index in [0.717, 1.165) is 12.0 Å². The summed E-state index contributed by atoms with van der Waals surface area (Å²) in [6.45, 7) is 4.91. The van der Waals surface area contributed by atoms with E-state index in [9.17, 15) is 13.2 Å². The number of hydrogen-bond acceptors (Lipinski definition) is 6. The van der Waals surface area contributed by atoms with Gasteiger partial charge in [-0.25, -0.2) is 8.42 Å². The van der Waals surface area contributed by atoms with E-state index in [1.807, 2.05) is 42.2 Å². The maximum Gasteiger partial charge on any atom is 0.243 e. The van der Waals surface area contributed by atoms with Crippen molar-refractivity contribution in [3.63, 3.8) is 0 Å². The van der Waals surface area contributed by atoms with E-state index in [2.05, 4.69) is 5.32 Å². The van der Waals surface area contributed by atoms with E-state index in [4.69, 9.17) is 9.47 Å². The monoisotopic (exact) mass is 459 g/mol. The number of fused-ring (bicyclic) bond motifs is 1. The second-order valence-electron chi connectivity index (χ2n) is 8.04.